The zero-order valence-electron chi connectivity index (χ0n) is 7.84. The molecule has 0 unspecified atom stereocenters. The van der Waals surface area contributed by atoms with Gasteiger partial charge in [-0.3, -0.25) is 4.79 Å². The second-order valence-electron chi connectivity index (χ2n) is 3.06. The van der Waals surface area contributed by atoms with E-state index in [1.807, 2.05) is 0 Å². The summed E-state index contributed by atoms with van der Waals surface area (Å²) in [6, 6.07) is 7.94. The number of ketones is 1. The van der Waals surface area contributed by atoms with Crippen LogP contribution < -0.4 is 0 Å². The molecule has 2 aromatic rings. The van der Waals surface area contributed by atoms with Crippen molar-refractivity contribution in [3.05, 3.63) is 56.4 Å². The summed E-state index contributed by atoms with van der Waals surface area (Å²) in [6.07, 6.45) is 0. The smallest absolute Gasteiger partial charge is 0.229 e. The van der Waals surface area contributed by atoms with Gasteiger partial charge in [-0.15, -0.1) is 0 Å². The Morgan fingerprint density at radius 1 is 1.19 bits per heavy atom. The molecule has 0 saturated carbocycles. The first-order chi connectivity index (χ1) is 7.58. The van der Waals surface area contributed by atoms with E-state index in [0.717, 1.165) is 0 Å². The molecule has 0 saturated heterocycles. The lowest BCUT2D eigenvalue weighted by Crippen LogP contribution is -2.00. The molecule has 2 rings (SSSR count). The van der Waals surface area contributed by atoms with Crippen molar-refractivity contribution in [2.45, 2.75) is 0 Å². The number of hydrogen-bond acceptors (Lipinski definition) is 2. The molecule has 0 atom stereocenters. The molecule has 1 aromatic carbocycles. The molecule has 0 bridgehead atoms. The Morgan fingerprint density at radius 2 is 1.94 bits per heavy atom. The first-order valence-corrected chi connectivity index (χ1v) is 5.88. The summed E-state index contributed by atoms with van der Waals surface area (Å²) in [7, 11) is 0. The minimum atomic E-state index is -0.271. The van der Waals surface area contributed by atoms with Crippen LogP contribution in [0.15, 0.2) is 39.4 Å². The zero-order chi connectivity index (χ0) is 11.7. The minimum absolute atomic E-state index is 0.232. The first kappa shape index (κ1) is 11.7. The second-order valence-corrected chi connectivity index (χ2v) is 4.68. The third-order valence-corrected chi connectivity index (χ3v) is 2.95. The van der Waals surface area contributed by atoms with E-state index in [1.54, 1.807) is 24.3 Å². The maximum absolute atomic E-state index is 11.9. The van der Waals surface area contributed by atoms with Crippen LogP contribution in [0, 0.1) is 0 Å². The summed E-state index contributed by atoms with van der Waals surface area (Å²) in [5.74, 6) is -0.0385. The van der Waals surface area contributed by atoms with Gasteiger partial charge in [-0.25, -0.2) is 0 Å². The molecule has 0 N–H and O–H groups in total. The van der Waals surface area contributed by atoms with Crippen molar-refractivity contribution in [2.75, 3.05) is 0 Å². The van der Waals surface area contributed by atoms with E-state index in [2.05, 4.69) is 15.9 Å². The van der Waals surface area contributed by atoms with Crippen LogP contribution >= 0.6 is 39.1 Å². The van der Waals surface area contributed by atoms with Gasteiger partial charge in [0.25, 0.3) is 0 Å². The molecule has 0 radical (unpaired) electrons. The Hall–Kier alpha value is -0.770. The number of rotatable bonds is 2. The maximum Gasteiger partial charge on any atom is 0.229 e. The third-order valence-electron chi connectivity index (χ3n) is 1.97. The monoisotopic (exact) mass is 318 g/mol. The maximum atomic E-state index is 11.9. The highest BCUT2D eigenvalue weighted by atomic mass is 79.9. The minimum Gasteiger partial charge on any atom is -0.446 e. The van der Waals surface area contributed by atoms with E-state index in [-0.39, 0.29) is 11.5 Å². The van der Waals surface area contributed by atoms with Crippen LogP contribution in [-0.4, -0.2) is 5.78 Å². The predicted octanol–water partition coefficient (Wildman–Crippen LogP) is 4.58. The standard InChI is InChI=1S/C11H5BrCl2O2/c12-10-4-3-9(16-10)11(15)7-2-1-6(13)5-8(7)14/h1-5H. The number of benzene rings is 1. The summed E-state index contributed by atoms with van der Waals surface area (Å²) in [5, 5.41) is 0.798. The lowest BCUT2D eigenvalue weighted by atomic mass is 10.1. The SMILES string of the molecule is O=C(c1ccc(Br)o1)c1ccc(Cl)cc1Cl. The Kier molecular flexibility index (Phi) is 3.38. The van der Waals surface area contributed by atoms with E-state index < -0.39 is 0 Å². The predicted molar refractivity (Wildman–Crippen MR) is 66.3 cm³/mol. The molecule has 1 aromatic heterocycles. The molecule has 2 nitrogen and oxygen atoms in total. The van der Waals surface area contributed by atoms with Crippen LogP contribution in [-0.2, 0) is 0 Å². The zero-order valence-corrected chi connectivity index (χ0v) is 10.9. The van der Waals surface area contributed by atoms with Gasteiger partial charge in [0, 0.05) is 10.6 Å². The van der Waals surface area contributed by atoms with Crippen LogP contribution in [0.5, 0.6) is 0 Å². The number of furan rings is 1. The van der Waals surface area contributed by atoms with Crippen LogP contribution in [0.3, 0.4) is 0 Å². The number of hydrogen-bond donors (Lipinski definition) is 0. The van der Waals surface area contributed by atoms with Crippen molar-refractivity contribution in [3.8, 4) is 0 Å². The highest BCUT2D eigenvalue weighted by Crippen LogP contribution is 2.25. The average Bonchev–Trinajstić information content (AvgIpc) is 2.64. The lowest BCUT2D eigenvalue weighted by Gasteiger charge is -2.01. The van der Waals surface area contributed by atoms with E-state index in [4.69, 9.17) is 27.6 Å². The number of halogens is 3. The normalized spacial score (nSPS) is 10.4. The molecular formula is C11H5BrCl2O2. The van der Waals surface area contributed by atoms with Crippen molar-refractivity contribution < 1.29 is 9.21 Å². The quantitative estimate of drug-likeness (QED) is 0.758. The van der Waals surface area contributed by atoms with Crippen molar-refractivity contribution in [2.24, 2.45) is 0 Å². The summed E-state index contributed by atoms with van der Waals surface area (Å²) in [5.41, 5.74) is 0.368. The second kappa shape index (κ2) is 4.62. The molecule has 82 valence electrons. The highest BCUT2D eigenvalue weighted by Gasteiger charge is 2.16. The van der Waals surface area contributed by atoms with Gasteiger partial charge in [0.15, 0.2) is 10.4 Å². The summed E-state index contributed by atoms with van der Waals surface area (Å²) in [4.78, 5) is 11.9. The summed E-state index contributed by atoms with van der Waals surface area (Å²) >= 11 is 14.8. The van der Waals surface area contributed by atoms with E-state index >= 15 is 0 Å². The van der Waals surface area contributed by atoms with Gasteiger partial charge in [0.2, 0.25) is 5.78 Å². The van der Waals surface area contributed by atoms with Crippen LogP contribution in [0.25, 0.3) is 0 Å². The number of carbonyl (C=O) groups excluding carboxylic acids is 1. The molecule has 1 heterocycles. The Bertz CT molecular complexity index is 549. The van der Waals surface area contributed by atoms with Crippen LogP contribution in [0.1, 0.15) is 16.1 Å². The fraction of sp³-hybridized carbons (Fsp3) is 0. The molecule has 0 aliphatic heterocycles. The molecule has 0 amide bonds. The lowest BCUT2D eigenvalue weighted by molar-refractivity contribution is 0.101. The third kappa shape index (κ3) is 2.32. The van der Waals surface area contributed by atoms with Crippen molar-refractivity contribution in [3.63, 3.8) is 0 Å². The highest BCUT2D eigenvalue weighted by molar-refractivity contribution is 9.10. The van der Waals surface area contributed by atoms with Crippen molar-refractivity contribution in [1.29, 1.82) is 0 Å². The van der Waals surface area contributed by atoms with Gasteiger partial charge in [-0.05, 0) is 46.3 Å². The van der Waals surface area contributed by atoms with E-state index in [1.165, 1.54) is 6.07 Å². The van der Waals surface area contributed by atoms with Crippen LogP contribution in [0.4, 0.5) is 0 Å². The fourth-order valence-electron chi connectivity index (χ4n) is 1.24. The Balaban J connectivity index is 2.41. The first-order valence-electron chi connectivity index (χ1n) is 4.33. The Labute approximate surface area is 110 Å². The average molecular weight is 320 g/mol. The Morgan fingerprint density at radius 3 is 2.50 bits per heavy atom. The fourth-order valence-corrected chi connectivity index (χ4v) is 2.04. The number of carbonyl (C=O) groups is 1. The summed E-state index contributed by atoms with van der Waals surface area (Å²) in [6.45, 7) is 0. The van der Waals surface area contributed by atoms with E-state index in [9.17, 15) is 4.79 Å². The van der Waals surface area contributed by atoms with E-state index in [0.29, 0.717) is 20.3 Å². The molecule has 16 heavy (non-hydrogen) atoms. The molecule has 0 aliphatic rings. The molecule has 0 aliphatic carbocycles. The van der Waals surface area contributed by atoms with Gasteiger partial charge in [-0.2, -0.15) is 0 Å². The molecule has 5 heteroatoms. The van der Waals surface area contributed by atoms with Crippen molar-refractivity contribution in [1.82, 2.24) is 0 Å². The van der Waals surface area contributed by atoms with Crippen molar-refractivity contribution >= 4 is 44.9 Å². The topological polar surface area (TPSA) is 30.2 Å². The van der Waals surface area contributed by atoms with Gasteiger partial charge in [0.1, 0.15) is 0 Å². The molecule has 0 spiro atoms. The van der Waals surface area contributed by atoms with Crippen LogP contribution in [0.2, 0.25) is 10.0 Å². The van der Waals surface area contributed by atoms with Gasteiger partial charge in [0.05, 0.1) is 5.02 Å². The van der Waals surface area contributed by atoms with Gasteiger partial charge >= 0.3 is 0 Å². The summed E-state index contributed by atoms with van der Waals surface area (Å²) < 4.78 is 5.66. The largest absolute Gasteiger partial charge is 0.446 e. The van der Waals surface area contributed by atoms with Gasteiger partial charge in [-0.1, -0.05) is 23.2 Å². The molecule has 0 fully saturated rings. The van der Waals surface area contributed by atoms with Gasteiger partial charge < -0.3 is 4.42 Å². The molecular weight excluding hydrogens is 315 g/mol.